The smallest absolute Gasteiger partial charge is 0.741 e. The fourth-order valence-electron chi connectivity index (χ4n) is 2.90. The van der Waals surface area contributed by atoms with Gasteiger partial charge in [0.05, 0.1) is 12.8 Å². The van der Waals surface area contributed by atoms with E-state index in [4.69, 9.17) is 30.7 Å². The van der Waals surface area contributed by atoms with E-state index >= 15 is 0 Å². The SMILES string of the molecule is COc1c(C)cnc(CN2CCN(C)CCN(C)CC2)c1C.O=S(=O)([O-])C(F)(F)F.O=S(=O)([O-])C(F)(F)F.[Fe+5]. The predicted molar refractivity (Wildman–Crippen MR) is 122 cm³/mol. The number of halogens is 6. The van der Waals surface area contributed by atoms with E-state index in [1.165, 1.54) is 5.56 Å². The standard InChI is InChI=1S/C17H30N4O.2CHF3O3S.Fe/c1-14-12-18-16(15(2)17(14)22-5)13-21-10-8-19(3)6-7-20(4)9-11-21;2*2-1(3,4)8(5,6)7;/h12H,6-11,13H2,1-5H3;2*(H,5,6,7);/q;;;+5/p-2. The van der Waals surface area contributed by atoms with Crippen molar-refractivity contribution in [3.8, 4) is 5.75 Å². The van der Waals surface area contributed by atoms with Crippen molar-refractivity contribution in [2.75, 3.05) is 60.5 Å². The third kappa shape index (κ3) is 14.8. The van der Waals surface area contributed by atoms with Crippen LogP contribution in [0.15, 0.2) is 6.20 Å². The number of likely N-dealkylation sites (N-methyl/N-ethyl adjacent to an activating group) is 2. The van der Waals surface area contributed by atoms with Gasteiger partial charge >= 0.3 is 28.1 Å². The summed E-state index contributed by atoms with van der Waals surface area (Å²) in [4.78, 5) is 12.0. The number of alkyl halides is 6. The number of pyridine rings is 1. The van der Waals surface area contributed by atoms with Crippen LogP contribution >= 0.6 is 0 Å². The van der Waals surface area contributed by atoms with Gasteiger partial charge in [-0.3, -0.25) is 9.88 Å². The van der Waals surface area contributed by atoms with E-state index in [0.29, 0.717) is 0 Å². The summed E-state index contributed by atoms with van der Waals surface area (Å²) in [6.45, 7) is 11.7. The molecule has 0 unspecified atom stereocenters. The number of methoxy groups -OCH3 is 1. The van der Waals surface area contributed by atoms with Crippen LogP contribution in [0, 0.1) is 13.8 Å². The van der Waals surface area contributed by atoms with Crippen molar-refractivity contribution in [1.29, 1.82) is 0 Å². The Morgan fingerprint density at radius 1 is 0.846 bits per heavy atom. The topological polar surface area (TPSA) is 146 Å². The van der Waals surface area contributed by atoms with E-state index in [1.54, 1.807) is 7.11 Å². The summed E-state index contributed by atoms with van der Waals surface area (Å²) in [5.41, 5.74) is -7.89. The van der Waals surface area contributed by atoms with Gasteiger partial charge in [-0.2, -0.15) is 26.3 Å². The molecule has 0 saturated carbocycles. The number of aryl methyl sites for hydroxylation is 1. The van der Waals surface area contributed by atoms with Crippen molar-refractivity contribution >= 4 is 20.2 Å². The second kappa shape index (κ2) is 16.3. The van der Waals surface area contributed by atoms with Gasteiger partial charge in [-0.15, -0.1) is 0 Å². The largest absolute Gasteiger partial charge is 5.00 e. The Hall–Kier alpha value is -1.25. The first-order valence-electron chi connectivity index (χ1n) is 10.6. The first-order chi connectivity index (χ1) is 17.0. The fourth-order valence-corrected chi connectivity index (χ4v) is 2.90. The van der Waals surface area contributed by atoms with Crippen LogP contribution in [-0.4, -0.2) is 117 Å². The van der Waals surface area contributed by atoms with E-state index in [0.717, 1.165) is 62.8 Å². The Morgan fingerprint density at radius 3 is 1.49 bits per heavy atom. The summed E-state index contributed by atoms with van der Waals surface area (Å²) >= 11 is 0. The first-order valence-corrected chi connectivity index (χ1v) is 13.5. The van der Waals surface area contributed by atoms with Gasteiger partial charge in [-0.05, 0) is 27.9 Å². The van der Waals surface area contributed by atoms with Crippen LogP contribution in [-0.2, 0) is 43.8 Å². The van der Waals surface area contributed by atoms with E-state index < -0.39 is 31.3 Å². The van der Waals surface area contributed by atoms with Gasteiger partial charge in [-0.25, -0.2) is 16.8 Å². The zero-order valence-electron chi connectivity index (χ0n) is 21.6. The molecule has 0 spiro atoms. The van der Waals surface area contributed by atoms with E-state index in [1.807, 2.05) is 13.1 Å². The van der Waals surface area contributed by atoms with Gasteiger partial charge in [0.1, 0.15) is 5.75 Å². The molecule has 39 heavy (non-hydrogen) atoms. The minimum Gasteiger partial charge on any atom is -0.741 e. The molecule has 0 aromatic carbocycles. The van der Waals surface area contributed by atoms with Crippen molar-refractivity contribution in [3.63, 3.8) is 0 Å². The van der Waals surface area contributed by atoms with E-state index in [2.05, 4.69) is 40.7 Å². The van der Waals surface area contributed by atoms with Crippen LogP contribution in [0.5, 0.6) is 5.75 Å². The third-order valence-electron chi connectivity index (χ3n) is 5.15. The number of hydrogen-bond acceptors (Lipinski definition) is 11. The second-order valence-corrected chi connectivity index (χ2v) is 11.0. The quantitative estimate of drug-likeness (QED) is 0.201. The van der Waals surface area contributed by atoms with Crippen molar-refractivity contribution in [1.82, 2.24) is 19.7 Å². The molecule has 1 saturated heterocycles. The van der Waals surface area contributed by atoms with E-state index in [9.17, 15) is 26.3 Å². The average Bonchev–Trinajstić information content (AvgIpc) is 2.81. The molecule has 1 aromatic rings. The zero-order chi connectivity index (χ0) is 30.1. The molecule has 1 aliphatic rings. The molecular formula is C19H30F6FeN4O7S2+3. The minimum absolute atomic E-state index is 0. The van der Waals surface area contributed by atoms with E-state index in [-0.39, 0.29) is 17.1 Å². The van der Waals surface area contributed by atoms with Crippen molar-refractivity contribution in [3.05, 3.63) is 23.0 Å². The predicted octanol–water partition coefficient (Wildman–Crippen LogP) is 1.49. The molecule has 0 N–H and O–H groups in total. The number of rotatable bonds is 3. The number of hydrogen-bond donors (Lipinski definition) is 0. The molecule has 1 radical (unpaired) electrons. The molecule has 0 amide bonds. The van der Waals surface area contributed by atoms with Crippen LogP contribution in [0.4, 0.5) is 26.3 Å². The van der Waals surface area contributed by atoms with Gasteiger partial charge in [-0.1, -0.05) is 0 Å². The maximum atomic E-state index is 10.7. The zero-order valence-corrected chi connectivity index (χ0v) is 24.3. The third-order valence-corrected chi connectivity index (χ3v) is 6.28. The normalized spacial score (nSPS) is 16.7. The first kappa shape index (κ1) is 39.9. The minimum atomic E-state index is -6.09. The van der Waals surface area contributed by atoms with Crippen LogP contribution in [0.25, 0.3) is 0 Å². The molecule has 1 fully saturated rings. The Labute approximate surface area is 234 Å². The molecule has 2 rings (SSSR count). The van der Waals surface area contributed by atoms with Crippen molar-refractivity contribution in [2.45, 2.75) is 31.4 Å². The molecule has 1 aliphatic heterocycles. The summed E-state index contributed by atoms with van der Waals surface area (Å²) < 4.78 is 123. The summed E-state index contributed by atoms with van der Waals surface area (Å²) in [5.74, 6) is 0.975. The molecule has 0 aliphatic carbocycles. The summed E-state index contributed by atoms with van der Waals surface area (Å²) in [7, 11) is -6.03. The average molecular weight is 660 g/mol. The van der Waals surface area contributed by atoms with Gasteiger partial charge in [0, 0.05) is 63.1 Å². The van der Waals surface area contributed by atoms with Crippen LogP contribution in [0.1, 0.15) is 16.8 Å². The molecule has 20 heteroatoms. The number of nitrogens with zero attached hydrogens (tertiary/aromatic N) is 4. The summed E-state index contributed by atoms with van der Waals surface area (Å²) in [6.07, 6.45) is 1.93. The monoisotopic (exact) mass is 660 g/mol. The van der Waals surface area contributed by atoms with Crippen molar-refractivity contribution < 1.29 is 74.1 Å². The van der Waals surface area contributed by atoms with Gasteiger partial charge in [0.15, 0.2) is 20.2 Å². The van der Waals surface area contributed by atoms with Crippen LogP contribution < -0.4 is 4.74 Å². The maximum absolute atomic E-state index is 10.7. The summed E-state index contributed by atoms with van der Waals surface area (Å²) in [5, 5.41) is 0. The Kier molecular flexibility index (Phi) is 16.6. The molecule has 0 atom stereocenters. The van der Waals surface area contributed by atoms with Crippen LogP contribution in [0.2, 0.25) is 0 Å². The Morgan fingerprint density at radius 2 is 1.18 bits per heavy atom. The Bertz CT molecular complexity index is 1050. The van der Waals surface area contributed by atoms with Gasteiger partial charge < -0.3 is 23.6 Å². The molecule has 1 aromatic heterocycles. The number of ether oxygens (including phenoxy) is 1. The fraction of sp³-hybridized carbons (Fsp3) is 0.737. The molecule has 227 valence electrons. The molecule has 11 nitrogen and oxygen atoms in total. The molecule has 0 bridgehead atoms. The summed E-state index contributed by atoms with van der Waals surface area (Å²) in [6, 6.07) is 0. The van der Waals surface area contributed by atoms with Gasteiger partial charge in [0.25, 0.3) is 0 Å². The molecular weight excluding hydrogens is 630 g/mol. The Balaban J connectivity index is 0. The number of aromatic nitrogens is 1. The van der Waals surface area contributed by atoms with Gasteiger partial charge in [0.2, 0.25) is 0 Å². The van der Waals surface area contributed by atoms with Crippen LogP contribution in [0.3, 0.4) is 0 Å². The molecule has 2 heterocycles. The maximum Gasteiger partial charge on any atom is 5.00 e. The second-order valence-electron chi connectivity index (χ2n) is 8.23. The van der Waals surface area contributed by atoms with Crippen molar-refractivity contribution in [2.24, 2.45) is 0 Å².